The summed E-state index contributed by atoms with van der Waals surface area (Å²) in [5.41, 5.74) is 0. The van der Waals surface area contributed by atoms with Crippen LogP contribution in [0.3, 0.4) is 0 Å². The van der Waals surface area contributed by atoms with Gasteiger partial charge in [-0.05, 0) is 12.8 Å². The summed E-state index contributed by atoms with van der Waals surface area (Å²) >= 11 is 1.30. The second-order valence-corrected chi connectivity index (χ2v) is 3.65. The summed E-state index contributed by atoms with van der Waals surface area (Å²) in [4.78, 5) is 21.1. The Kier molecular flexibility index (Phi) is 8.42. The summed E-state index contributed by atoms with van der Waals surface area (Å²) in [6.45, 7) is 0. The minimum Gasteiger partial charge on any atom is -0.481 e. The zero-order chi connectivity index (χ0) is 10.8. The van der Waals surface area contributed by atoms with Crippen LogP contribution in [0.5, 0.6) is 0 Å². The Bertz CT molecular complexity index is 185. The predicted molar refractivity (Wildman–Crippen MR) is 57.0 cm³/mol. The monoisotopic (exact) mass is 219 g/mol. The van der Waals surface area contributed by atoms with Crippen molar-refractivity contribution < 1.29 is 14.7 Å². The molecule has 82 valence electrons. The van der Waals surface area contributed by atoms with E-state index in [1.807, 2.05) is 6.26 Å². The van der Waals surface area contributed by atoms with Crippen LogP contribution < -0.4 is 4.72 Å². The molecule has 0 unspecified atom stereocenters. The molecule has 0 aromatic carbocycles. The lowest BCUT2D eigenvalue weighted by atomic mass is 10.1. The second-order valence-electron chi connectivity index (χ2n) is 3.04. The van der Waals surface area contributed by atoms with Gasteiger partial charge in [0.1, 0.15) is 0 Å². The molecule has 2 N–H and O–H groups in total. The van der Waals surface area contributed by atoms with E-state index in [4.69, 9.17) is 5.11 Å². The van der Waals surface area contributed by atoms with Crippen molar-refractivity contribution in [2.75, 3.05) is 6.26 Å². The molecule has 0 spiro atoms. The standard InChI is InChI=1S/C9H17NO3S/c1-14-10-8(11)6-4-2-3-5-7-9(12)13/h2-7H2,1H3,(H,10,11)(H,12,13). The van der Waals surface area contributed by atoms with Crippen LogP contribution in [0.1, 0.15) is 38.5 Å². The van der Waals surface area contributed by atoms with Gasteiger partial charge in [-0.25, -0.2) is 0 Å². The Hall–Kier alpha value is -0.710. The van der Waals surface area contributed by atoms with Gasteiger partial charge in [0, 0.05) is 19.1 Å². The molecule has 0 aliphatic heterocycles. The quantitative estimate of drug-likeness (QED) is 0.482. The lowest BCUT2D eigenvalue weighted by Crippen LogP contribution is -2.14. The van der Waals surface area contributed by atoms with Crippen molar-refractivity contribution in [2.45, 2.75) is 38.5 Å². The molecule has 0 radical (unpaired) electrons. The first-order valence-corrected chi connectivity index (χ1v) is 5.93. The zero-order valence-corrected chi connectivity index (χ0v) is 9.23. The Balaban J connectivity index is 3.13. The van der Waals surface area contributed by atoms with E-state index in [1.54, 1.807) is 0 Å². The molecule has 5 heteroatoms. The second kappa shape index (κ2) is 8.87. The molecule has 0 atom stereocenters. The van der Waals surface area contributed by atoms with Gasteiger partial charge >= 0.3 is 5.97 Å². The highest BCUT2D eigenvalue weighted by atomic mass is 32.2. The first-order valence-electron chi connectivity index (χ1n) is 4.70. The molecule has 0 rings (SSSR count). The molecule has 1 amide bonds. The van der Waals surface area contributed by atoms with Crippen molar-refractivity contribution in [3.63, 3.8) is 0 Å². The fraction of sp³-hybridized carbons (Fsp3) is 0.778. The number of carbonyl (C=O) groups excluding carboxylic acids is 1. The van der Waals surface area contributed by atoms with E-state index in [-0.39, 0.29) is 12.3 Å². The molecule has 0 bridgehead atoms. The van der Waals surface area contributed by atoms with E-state index >= 15 is 0 Å². The molecule has 4 nitrogen and oxygen atoms in total. The molecule has 0 heterocycles. The van der Waals surface area contributed by atoms with Crippen molar-refractivity contribution in [2.24, 2.45) is 0 Å². The number of hydrogen-bond donors (Lipinski definition) is 2. The van der Waals surface area contributed by atoms with Crippen LogP contribution >= 0.6 is 11.9 Å². The molecule has 14 heavy (non-hydrogen) atoms. The average Bonchev–Trinajstić information content (AvgIpc) is 2.11. The van der Waals surface area contributed by atoms with E-state index < -0.39 is 5.97 Å². The van der Waals surface area contributed by atoms with Crippen molar-refractivity contribution in [1.29, 1.82) is 0 Å². The lowest BCUT2D eigenvalue weighted by Gasteiger charge is -2.00. The average molecular weight is 219 g/mol. The van der Waals surface area contributed by atoms with Crippen LogP contribution in [0, 0.1) is 0 Å². The number of carbonyl (C=O) groups is 2. The molecular formula is C9H17NO3S. The minimum absolute atomic E-state index is 0.0516. The first kappa shape index (κ1) is 13.3. The Morgan fingerprint density at radius 3 is 2.21 bits per heavy atom. The number of rotatable bonds is 8. The van der Waals surface area contributed by atoms with E-state index in [2.05, 4.69) is 4.72 Å². The molecule has 0 aliphatic rings. The Morgan fingerprint density at radius 1 is 1.14 bits per heavy atom. The summed E-state index contributed by atoms with van der Waals surface area (Å²) in [5.74, 6) is -0.694. The fourth-order valence-corrected chi connectivity index (χ4v) is 1.41. The molecule has 0 saturated heterocycles. The summed E-state index contributed by atoms with van der Waals surface area (Å²) in [6, 6.07) is 0. The topological polar surface area (TPSA) is 66.4 Å². The smallest absolute Gasteiger partial charge is 0.303 e. The van der Waals surface area contributed by atoms with E-state index in [9.17, 15) is 9.59 Å². The molecule has 0 saturated carbocycles. The van der Waals surface area contributed by atoms with Gasteiger partial charge in [0.05, 0.1) is 0 Å². The van der Waals surface area contributed by atoms with Crippen LogP contribution in [-0.2, 0) is 9.59 Å². The van der Waals surface area contributed by atoms with Gasteiger partial charge in [-0.1, -0.05) is 24.8 Å². The number of aliphatic carboxylic acids is 1. The third kappa shape index (κ3) is 9.38. The SMILES string of the molecule is CSNC(=O)CCCCCCC(=O)O. The van der Waals surface area contributed by atoms with Crippen LogP contribution in [-0.4, -0.2) is 23.2 Å². The maximum Gasteiger partial charge on any atom is 0.303 e. The van der Waals surface area contributed by atoms with Crippen LogP contribution in [0.4, 0.5) is 0 Å². The predicted octanol–water partition coefficient (Wildman–Crippen LogP) is 1.81. The number of hydrogen-bond acceptors (Lipinski definition) is 3. The van der Waals surface area contributed by atoms with Crippen molar-refractivity contribution >= 4 is 23.8 Å². The first-order chi connectivity index (χ1) is 6.66. The van der Waals surface area contributed by atoms with Crippen molar-refractivity contribution in [1.82, 2.24) is 4.72 Å². The molecule has 0 fully saturated rings. The van der Waals surface area contributed by atoms with Gasteiger partial charge in [-0.2, -0.15) is 0 Å². The molecule has 0 aliphatic carbocycles. The van der Waals surface area contributed by atoms with E-state index in [1.165, 1.54) is 11.9 Å². The van der Waals surface area contributed by atoms with Gasteiger partial charge < -0.3 is 9.83 Å². The number of carboxylic acid groups (broad SMARTS) is 1. The van der Waals surface area contributed by atoms with Crippen LogP contribution in [0.25, 0.3) is 0 Å². The summed E-state index contributed by atoms with van der Waals surface area (Å²) in [5, 5.41) is 8.36. The van der Waals surface area contributed by atoms with Gasteiger partial charge in [0.25, 0.3) is 0 Å². The maximum absolute atomic E-state index is 11.0. The van der Waals surface area contributed by atoms with Gasteiger partial charge in [0.2, 0.25) is 5.91 Å². The third-order valence-electron chi connectivity index (χ3n) is 1.76. The zero-order valence-electron chi connectivity index (χ0n) is 8.41. The van der Waals surface area contributed by atoms with Crippen LogP contribution in [0.15, 0.2) is 0 Å². The van der Waals surface area contributed by atoms with E-state index in [0.29, 0.717) is 12.8 Å². The summed E-state index contributed by atoms with van der Waals surface area (Å²) in [6.07, 6.45) is 5.94. The summed E-state index contributed by atoms with van der Waals surface area (Å²) < 4.78 is 2.64. The highest BCUT2D eigenvalue weighted by Gasteiger charge is 2.00. The molecular weight excluding hydrogens is 202 g/mol. The normalized spacial score (nSPS) is 9.79. The van der Waals surface area contributed by atoms with Crippen molar-refractivity contribution in [3.05, 3.63) is 0 Å². The van der Waals surface area contributed by atoms with Gasteiger partial charge in [-0.3, -0.25) is 9.59 Å². The number of unbranched alkanes of at least 4 members (excludes halogenated alkanes) is 3. The van der Waals surface area contributed by atoms with Crippen molar-refractivity contribution in [3.8, 4) is 0 Å². The highest BCUT2D eigenvalue weighted by molar-refractivity contribution is 7.97. The molecule has 0 aromatic rings. The van der Waals surface area contributed by atoms with Gasteiger partial charge in [0.15, 0.2) is 0 Å². The fourth-order valence-electron chi connectivity index (χ4n) is 1.08. The Morgan fingerprint density at radius 2 is 1.71 bits per heavy atom. The maximum atomic E-state index is 11.0. The largest absolute Gasteiger partial charge is 0.481 e. The van der Waals surface area contributed by atoms with Gasteiger partial charge in [-0.15, -0.1) is 0 Å². The number of carboxylic acids is 1. The number of amides is 1. The molecule has 0 aromatic heterocycles. The summed E-state index contributed by atoms with van der Waals surface area (Å²) in [7, 11) is 0. The Labute approximate surface area is 88.6 Å². The lowest BCUT2D eigenvalue weighted by molar-refractivity contribution is -0.137. The third-order valence-corrected chi connectivity index (χ3v) is 2.19. The van der Waals surface area contributed by atoms with E-state index in [0.717, 1.165) is 19.3 Å². The highest BCUT2D eigenvalue weighted by Crippen LogP contribution is 2.05. The number of nitrogens with one attached hydrogen (secondary N) is 1. The van der Waals surface area contributed by atoms with Crippen LogP contribution in [0.2, 0.25) is 0 Å². The minimum atomic E-state index is -0.745.